The Morgan fingerprint density at radius 1 is 1.57 bits per heavy atom. The fraction of sp³-hybridized carbons (Fsp3) is 0.571. The molecule has 7 heteroatoms. The molecule has 0 amide bonds. The average Bonchev–Trinajstić information content (AvgIpc) is 3.24. The third kappa shape index (κ3) is 2.79. The van der Waals surface area contributed by atoms with Crippen molar-refractivity contribution in [3.05, 3.63) is 18.6 Å². The number of aromatic nitrogens is 3. The minimum Gasteiger partial charge on any atom is -0.383 e. The molecule has 2 aromatic rings. The molecule has 2 aromatic heterocycles. The number of nitrogen functional groups attached to an aromatic ring is 1. The SMILES string of the molecule is COCCN(c1nc(NN)cn2ccnc12)C(C)C1CC1. The molecule has 21 heavy (non-hydrogen) atoms. The van der Waals surface area contributed by atoms with Crippen molar-refractivity contribution in [2.75, 3.05) is 30.6 Å². The van der Waals surface area contributed by atoms with Crippen molar-refractivity contribution in [1.82, 2.24) is 14.4 Å². The minimum atomic E-state index is 0.418. The molecule has 0 aliphatic heterocycles. The van der Waals surface area contributed by atoms with E-state index in [1.807, 2.05) is 16.8 Å². The Hall–Kier alpha value is -1.86. The van der Waals surface area contributed by atoms with Crippen molar-refractivity contribution >= 4 is 17.3 Å². The quantitative estimate of drug-likeness (QED) is 0.590. The maximum atomic E-state index is 5.54. The Balaban J connectivity index is 2.01. The van der Waals surface area contributed by atoms with Gasteiger partial charge in [0.2, 0.25) is 0 Å². The number of hydrogen-bond acceptors (Lipinski definition) is 6. The van der Waals surface area contributed by atoms with Gasteiger partial charge in [-0.1, -0.05) is 0 Å². The van der Waals surface area contributed by atoms with E-state index in [1.54, 1.807) is 13.3 Å². The summed E-state index contributed by atoms with van der Waals surface area (Å²) in [5.74, 6) is 7.75. The summed E-state index contributed by atoms with van der Waals surface area (Å²) in [6, 6.07) is 0.418. The van der Waals surface area contributed by atoms with Crippen LogP contribution in [0.1, 0.15) is 19.8 Å². The number of hydrogen-bond donors (Lipinski definition) is 2. The minimum absolute atomic E-state index is 0.418. The first kappa shape index (κ1) is 14.1. The van der Waals surface area contributed by atoms with E-state index in [2.05, 4.69) is 27.2 Å². The van der Waals surface area contributed by atoms with E-state index >= 15 is 0 Å². The van der Waals surface area contributed by atoms with Gasteiger partial charge in [0.25, 0.3) is 0 Å². The molecule has 114 valence electrons. The molecule has 0 aromatic carbocycles. The van der Waals surface area contributed by atoms with Crippen LogP contribution in [-0.4, -0.2) is 40.7 Å². The standard InChI is InChI=1S/C14H22N6O/c1-10(11-3-4-11)20(7-8-21-2)14-13-16-5-6-19(13)9-12(17-14)18-15/h5-6,9-11,18H,3-4,7-8,15H2,1-2H3. The molecule has 0 bridgehead atoms. The van der Waals surface area contributed by atoms with Crippen molar-refractivity contribution in [2.24, 2.45) is 11.8 Å². The van der Waals surface area contributed by atoms with Crippen LogP contribution < -0.4 is 16.2 Å². The van der Waals surface area contributed by atoms with Gasteiger partial charge in [0.05, 0.1) is 12.8 Å². The number of hydrazine groups is 1. The third-order valence-electron chi connectivity index (χ3n) is 4.11. The van der Waals surface area contributed by atoms with E-state index in [9.17, 15) is 0 Å². The van der Waals surface area contributed by atoms with E-state index < -0.39 is 0 Å². The van der Waals surface area contributed by atoms with Gasteiger partial charge in [-0.3, -0.25) is 0 Å². The number of nitrogens with two attached hydrogens (primary N) is 1. The summed E-state index contributed by atoms with van der Waals surface area (Å²) in [5, 5.41) is 0. The first-order valence-corrected chi connectivity index (χ1v) is 7.30. The zero-order chi connectivity index (χ0) is 14.8. The van der Waals surface area contributed by atoms with Gasteiger partial charge in [0, 0.05) is 32.1 Å². The lowest BCUT2D eigenvalue weighted by Gasteiger charge is -2.30. The Kier molecular flexibility index (Phi) is 3.94. The normalized spacial score (nSPS) is 16.1. The van der Waals surface area contributed by atoms with E-state index in [-0.39, 0.29) is 0 Å². The molecule has 2 heterocycles. The zero-order valence-corrected chi connectivity index (χ0v) is 12.5. The number of ether oxygens (including phenoxy) is 1. The predicted octanol–water partition coefficient (Wildman–Crippen LogP) is 1.27. The second-order valence-corrected chi connectivity index (χ2v) is 5.52. The zero-order valence-electron chi connectivity index (χ0n) is 12.5. The predicted molar refractivity (Wildman–Crippen MR) is 82.2 cm³/mol. The van der Waals surface area contributed by atoms with Crippen LogP contribution >= 0.6 is 0 Å². The van der Waals surface area contributed by atoms with E-state index in [0.717, 1.165) is 23.9 Å². The second-order valence-electron chi connectivity index (χ2n) is 5.52. The van der Waals surface area contributed by atoms with Crippen LogP contribution in [0.4, 0.5) is 11.6 Å². The Bertz CT molecular complexity index is 609. The first-order chi connectivity index (χ1) is 10.2. The first-order valence-electron chi connectivity index (χ1n) is 7.30. The van der Waals surface area contributed by atoms with Gasteiger partial charge in [-0.2, -0.15) is 0 Å². The smallest absolute Gasteiger partial charge is 0.180 e. The Labute approximate surface area is 124 Å². The van der Waals surface area contributed by atoms with Crippen LogP contribution in [0.2, 0.25) is 0 Å². The lowest BCUT2D eigenvalue weighted by atomic mass is 10.2. The Morgan fingerprint density at radius 3 is 3.05 bits per heavy atom. The van der Waals surface area contributed by atoms with E-state index in [0.29, 0.717) is 18.5 Å². The van der Waals surface area contributed by atoms with Gasteiger partial charge in [-0.25, -0.2) is 15.8 Å². The molecule has 0 spiro atoms. The largest absolute Gasteiger partial charge is 0.383 e. The summed E-state index contributed by atoms with van der Waals surface area (Å²) in [6.45, 7) is 3.70. The van der Waals surface area contributed by atoms with Gasteiger partial charge >= 0.3 is 0 Å². The van der Waals surface area contributed by atoms with Crippen molar-refractivity contribution in [3.63, 3.8) is 0 Å². The van der Waals surface area contributed by atoms with Crippen LogP contribution in [0.5, 0.6) is 0 Å². The summed E-state index contributed by atoms with van der Waals surface area (Å²) < 4.78 is 7.20. The van der Waals surface area contributed by atoms with Crippen LogP contribution in [-0.2, 0) is 4.74 Å². The van der Waals surface area contributed by atoms with Gasteiger partial charge in [-0.15, -0.1) is 0 Å². The number of nitrogens with one attached hydrogen (secondary N) is 1. The topological polar surface area (TPSA) is 80.7 Å². The summed E-state index contributed by atoms with van der Waals surface area (Å²) in [4.78, 5) is 11.3. The fourth-order valence-electron chi connectivity index (χ4n) is 2.70. The molecular formula is C14H22N6O. The third-order valence-corrected chi connectivity index (χ3v) is 4.11. The maximum Gasteiger partial charge on any atom is 0.180 e. The number of methoxy groups -OCH3 is 1. The molecule has 7 nitrogen and oxygen atoms in total. The number of imidazole rings is 1. The highest BCUT2D eigenvalue weighted by Gasteiger charge is 2.33. The van der Waals surface area contributed by atoms with Crippen molar-refractivity contribution in [3.8, 4) is 0 Å². The molecule has 1 unspecified atom stereocenters. The summed E-state index contributed by atoms with van der Waals surface area (Å²) in [5.41, 5.74) is 3.47. The molecule has 0 radical (unpaired) electrons. The number of rotatable bonds is 7. The molecule has 1 atom stereocenters. The van der Waals surface area contributed by atoms with Crippen LogP contribution in [0.15, 0.2) is 18.6 Å². The maximum absolute atomic E-state index is 5.54. The van der Waals surface area contributed by atoms with Crippen LogP contribution in [0.3, 0.4) is 0 Å². The summed E-state index contributed by atoms with van der Waals surface area (Å²) in [7, 11) is 1.72. The number of anilines is 2. The fourth-order valence-corrected chi connectivity index (χ4v) is 2.70. The molecule has 1 fully saturated rings. The van der Waals surface area contributed by atoms with Gasteiger partial charge < -0.3 is 19.5 Å². The number of nitrogens with zero attached hydrogens (tertiary/aromatic N) is 4. The molecule has 1 aliphatic carbocycles. The van der Waals surface area contributed by atoms with Crippen molar-refractivity contribution < 1.29 is 4.74 Å². The molecule has 3 N–H and O–H groups in total. The van der Waals surface area contributed by atoms with Gasteiger partial charge in [-0.05, 0) is 25.7 Å². The number of fused-ring (bicyclic) bond motifs is 1. The lowest BCUT2D eigenvalue weighted by Crippen LogP contribution is -2.38. The summed E-state index contributed by atoms with van der Waals surface area (Å²) >= 11 is 0. The van der Waals surface area contributed by atoms with Crippen LogP contribution in [0, 0.1) is 5.92 Å². The van der Waals surface area contributed by atoms with Gasteiger partial charge in [0.15, 0.2) is 17.3 Å². The van der Waals surface area contributed by atoms with E-state index in [1.165, 1.54) is 12.8 Å². The highest BCUT2D eigenvalue weighted by molar-refractivity contribution is 5.67. The van der Waals surface area contributed by atoms with E-state index in [4.69, 9.17) is 10.6 Å². The lowest BCUT2D eigenvalue weighted by molar-refractivity contribution is 0.202. The highest BCUT2D eigenvalue weighted by atomic mass is 16.5. The molecule has 1 saturated carbocycles. The van der Waals surface area contributed by atoms with Gasteiger partial charge in [0.1, 0.15) is 0 Å². The summed E-state index contributed by atoms with van der Waals surface area (Å²) in [6.07, 6.45) is 8.07. The van der Waals surface area contributed by atoms with Crippen LogP contribution in [0.25, 0.3) is 5.65 Å². The molecule has 0 saturated heterocycles. The second kappa shape index (κ2) is 5.87. The highest BCUT2D eigenvalue weighted by Crippen LogP contribution is 2.37. The average molecular weight is 290 g/mol. The molecule has 3 rings (SSSR count). The van der Waals surface area contributed by atoms with Crippen molar-refractivity contribution in [2.45, 2.75) is 25.8 Å². The van der Waals surface area contributed by atoms with Crippen molar-refractivity contribution in [1.29, 1.82) is 0 Å². The Morgan fingerprint density at radius 2 is 2.38 bits per heavy atom. The molecular weight excluding hydrogens is 268 g/mol. The molecule has 1 aliphatic rings. The monoisotopic (exact) mass is 290 g/mol.